The number of rotatable bonds is 7. The highest BCUT2D eigenvalue weighted by Crippen LogP contribution is 2.29. The molecule has 12 heteroatoms. The van der Waals surface area contributed by atoms with Gasteiger partial charge in [0.15, 0.2) is 5.82 Å². The first-order valence-electron chi connectivity index (χ1n) is 11.8. The largest absolute Gasteiger partial charge is 0.494 e. The van der Waals surface area contributed by atoms with Crippen LogP contribution in [-0.4, -0.2) is 62.3 Å². The van der Waals surface area contributed by atoms with Gasteiger partial charge in [-0.05, 0) is 29.6 Å². The molecule has 0 radical (unpaired) electrons. The monoisotopic (exact) mass is 495 g/mol. The summed E-state index contributed by atoms with van der Waals surface area (Å²) in [5.41, 5.74) is 7.65. The van der Waals surface area contributed by atoms with Crippen molar-refractivity contribution < 1.29 is 28.4 Å². The molecular weight excluding hydrogens is 465 g/mol. The summed E-state index contributed by atoms with van der Waals surface area (Å²) >= 11 is 0. The Hall–Kier alpha value is -3.40. The van der Waals surface area contributed by atoms with E-state index in [2.05, 4.69) is 30.3 Å². The van der Waals surface area contributed by atoms with Crippen LogP contribution in [-0.2, 0) is 30.0 Å². The molecule has 36 heavy (non-hydrogen) atoms. The van der Waals surface area contributed by atoms with Gasteiger partial charge < -0.3 is 29.8 Å². The van der Waals surface area contributed by atoms with Crippen molar-refractivity contribution in [2.75, 3.05) is 38.9 Å². The summed E-state index contributed by atoms with van der Waals surface area (Å²) in [6, 6.07) is 7.32. The van der Waals surface area contributed by atoms with Crippen molar-refractivity contribution in [1.29, 1.82) is 5.26 Å². The first-order valence-corrected chi connectivity index (χ1v) is 11.8. The van der Waals surface area contributed by atoms with Gasteiger partial charge >= 0.3 is 13.1 Å². The first-order chi connectivity index (χ1) is 17.2. The van der Waals surface area contributed by atoms with Crippen molar-refractivity contribution in [1.82, 2.24) is 9.78 Å². The van der Waals surface area contributed by atoms with E-state index in [9.17, 15) is 14.9 Å². The topological polar surface area (TPSA) is 151 Å². The Kier molecular flexibility index (Phi) is 7.63. The summed E-state index contributed by atoms with van der Waals surface area (Å²) in [4.78, 5) is 24.3. The highest BCUT2D eigenvalue weighted by molar-refractivity contribution is 6.62. The van der Waals surface area contributed by atoms with Crippen LogP contribution < -0.4 is 16.5 Å². The Morgan fingerprint density at radius 2 is 2.11 bits per heavy atom. The summed E-state index contributed by atoms with van der Waals surface area (Å²) in [6.45, 7) is 5.96. The van der Waals surface area contributed by atoms with Crippen molar-refractivity contribution >= 4 is 36.0 Å². The predicted molar refractivity (Wildman–Crippen MR) is 131 cm³/mol. The number of benzene rings is 1. The van der Waals surface area contributed by atoms with Gasteiger partial charge in [0.25, 0.3) is 5.91 Å². The lowest BCUT2D eigenvalue weighted by Crippen LogP contribution is -2.48. The molecule has 4 rings (SSSR count). The lowest BCUT2D eigenvalue weighted by Gasteiger charge is -2.33. The number of methoxy groups -OCH3 is 1. The minimum Gasteiger partial charge on any atom is -0.469 e. The molecule has 0 aliphatic carbocycles. The molecule has 2 aliphatic rings. The standard InChI is InChI=1S/C24H30BN5O6/c1-24(2)13-35-25(36-14-24)19-5-4-17(8-16(19)9-21(31)33-3)28-23-18(22(27)32)11-30(29-23)20-12-34-7-6-15(20)10-26/h4-5,8,11,15,20H,6-7,9,12-14H2,1-3H3,(H2,27,32)(H,28,29). The minimum atomic E-state index is -0.660. The first kappa shape index (κ1) is 25.7. The zero-order valence-electron chi connectivity index (χ0n) is 20.7. The van der Waals surface area contributed by atoms with Crippen LogP contribution in [0.5, 0.6) is 0 Å². The molecule has 2 aliphatic heterocycles. The molecule has 11 nitrogen and oxygen atoms in total. The number of esters is 1. The third kappa shape index (κ3) is 5.70. The molecule has 1 aromatic carbocycles. The number of nitriles is 1. The van der Waals surface area contributed by atoms with Crippen LogP contribution in [0.1, 0.15) is 42.2 Å². The fourth-order valence-electron chi connectivity index (χ4n) is 4.27. The molecule has 2 saturated heterocycles. The van der Waals surface area contributed by atoms with Gasteiger partial charge in [0.1, 0.15) is 5.56 Å². The molecular formula is C24H30BN5O6. The molecule has 0 saturated carbocycles. The number of hydrogen-bond donors (Lipinski definition) is 2. The second-order valence-corrected chi connectivity index (χ2v) is 9.81. The van der Waals surface area contributed by atoms with Crippen molar-refractivity contribution in [3.05, 3.63) is 35.5 Å². The lowest BCUT2D eigenvalue weighted by molar-refractivity contribution is -0.139. The molecule has 0 spiro atoms. The van der Waals surface area contributed by atoms with E-state index >= 15 is 0 Å². The van der Waals surface area contributed by atoms with E-state index in [1.165, 1.54) is 13.3 Å². The number of nitrogens with two attached hydrogens (primary N) is 1. The molecule has 2 atom stereocenters. The van der Waals surface area contributed by atoms with E-state index in [-0.39, 0.29) is 35.2 Å². The predicted octanol–water partition coefficient (Wildman–Crippen LogP) is 1.31. The zero-order chi connectivity index (χ0) is 25.9. The molecule has 1 aromatic heterocycles. The third-order valence-corrected chi connectivity index (χ3v) is 6.30. The maximum Gasteiger partial charge on any atom is 0.494 e. The molecule has 0 bridgehead atoms. The van der Waals surface area contributed by atoms with Gasteiger partial charge in [-0.2, -0.15) is 10.4 Å². The quantitative estimate of drug-likeness (QED) is 0.428. The fraction of sp³-hybridized carbons (Fsp3) is 0.500. The van der Waals surface area contributed by atoms with Gasteiger partial charge in [0.2, 0.25) is 0 Å². The summed E-state index contributed by atoms with van der Waals surface area (Å²) < 4.78 is 23.8. The van der Waals surface area contributed by atoms with E-state index in [4.69, 9.17) is 24.5 Å². The number of nitrogens with one attached hydrogen (secondary N) is 1. The van der Waals surface area contributed by atoms with Gasteiger partial charge in [0, 0.05) is 37.1 Å². The van der Waals surface area contributed by atoms with Gasteiger partial charge in [-0.1, -0.05) is 19.9 Å². The maximum absolute atomic E-state index is 12.2. The van der Waals surface area contributed by atoms with Crippen molar-refractivity contribution in [3.8, 4) is 6.07 Å². The van der Waals surface area contributed by atoms with Crippen molar-refractivity contribution in [2.45, 2.75) is 32.7 Å². The number of amides is 1. The van der Waals surface area contributed by atoms with Crippen LogP contribution in [0.25, 0.3) is 0 Å². The van der Waals surface area contributed by atoms with Gasteiger partial charge in [-0.3, -0.25) is 14.3 Å². The summed E-state index contributed by atoms with van der Waals surface area (Å²) in [6.07, 6.45) is 2.12. The lowest BCUT2D eigenvalue weighted by atomic mass is 9.72. The van der Waals surface area contributed by atoms with E-state index in [0.717, 1.165) is 5.46 Å². The Morgan fingerprint density at radius 1 is 1.36 bits per heavy atom. The summed E-state index contributed by atoms with van der Waals surface area (Å²) in [7, 11) is 0.719. The van der Waals surface area contributed by atoms with Crippen LogP contribution in [0.4, 0.5) is 11.5 Å². The van der Waals surface area contributed by atoms with Gasteiger partial charge in [-0.25, -0.2) is 0 Å². The number of primary amides is 1. The second-order valence-electron chi connectivity index (χ2n) is 9.81. The van der Waals surface area contributed by atoms with Crippen LogP contribution in [0, 0.1) is 22.7 Å². The molecule has 2 fully saturated rings. The molecule has 190 valence electrons. The highest BCUT2D eigenvalue weighted by Gasteiger charge is 2.35. The highest BCUT2D eigenvalue weighted by atomic mass is 16.6. The number of anilines is 2. The Labute approximate surface area is 210 Å². The van der Waals surface area contributed by atoms with Crippen molar-refractivity contribution in [2.24, 2.45) is 17.1 Å². The molecule has 3 heterocycles. The average molecular weight is 495 g/mol. The average Bonchev–Trinajstić information content (AvgIpc) is 3.28. The van der Waals surface area contributed by atoms with E-state index in [1.54, 1.807) is 16.8 Å². The second kappa shape index (κ2) is 10.7. The zero-order valence-corrected chi connectivity index (χ0v) is 20.7. The number of carbonyl (C=O) groups is 2. The van der Waals surface area contributed by atoms with E-state index in [0.29, 0.717) is 44.1 Å². The smallest absolute Gasteiger partial charge is 0.469 e. The summed E-state index contributed by atoms with van der Waals surface area (Å²) in [5, 5.41) is 17.2. The number of aromatic nitrogens is 2. The van der Waals surface area contributed by atoms with E-state index < -0.39 is 19.0 Å². The molecule has 2 aromatic rings. The van der Waals surface area contributed by atoms with Gasteiger partial charge in [-0.15, -0.1) is 0 Å². The molecule has 2 unspecified atom stereocenters. The number of ether oxygens (including phenoxy) is 2. The maximum atomic E-state index is 12.2. The van der Waals surface area contributed by atoms with Crippen LogP contribution >= 0.6 is 0 Å². The van der Waals surface area contributed by atoms with E-state index in [1.807, 2.05) is 6.07 Å². The van der Waals surface area contributed by atoms with Crippen LogP contribution in [0.15, 0.2) is 24.4 Å². The minimum absolute atomic E-state index is 0.00828. The Bertz CT molecular complexity index is 1170. The van der Waals surface area contributed by atoms with Crippen molar-refractivity contribution in [3.63, 3.8) is 0 Å². The fourth-order valence-corrected chi connectivity index (χ4v) is 4.27. The van der Waals surface area contributed by atoms with Crippen LogP contribution in [0.3, 0.4) is 0 Å². The summed E-state index contributed by atoms with van der Waals surface area (Å²) in [5.74, 6) is -1.12. The van der Waals surface area contributed by atoms with Gasteiger partial charge in [0.05, 0.1) is 38.2 Å². The number of carbonyl (C=O) groups excluding carboxylic acids is 2. The third-order valence-electron chi connectivity index (χ3n) is 6.30. The molecule has 1 amide bonds. The Balaban J connectivity index is 1.63. The van der Waals surface area contributed by atoms with Crippen LogP contribution in [0.2, 0.25) is 0 Å². The SMILES string of the molecule is COC(=O)Cc1cc(Nc2nn(C3COCCC3C#N)cc2C(N)=O)ccc1B1OCC(C)(C)CO1. The molecule has 3 N–H and O–H groups in total. The number of nitrogens with zero attached hydrogens (tertiary/aromatic N) is 3. The Morgan fingerprint density at radius 3 is 2.78 bits per heavy atom. The normalized spacial score (nSPS) is 21.4. The number of hydrogen-bond acceptors (Lipinski definition) is 9.